The quantitative estimate of drug-likeness (QED) is 0.835. The van der Waals surface area contributed by atoms with E-state index in [-0.39, 0.29) is 12.3 Å². The van der Waals surface area contributed by atoms with Crippen LogP contribution in [-0.4, -0.2) is 42.6 Å². The summed E-state index contributed by atoms with van der Waals surface area (Å²) < 4.78 is 5.37. The minimum Gasteiger partial charge on any atom is -0.496 e. The second-order valence-corrected chi connectivity index (χ2v) is 5.51. The molecule has 0 atom stereocenters. The standard InChI is InChI=1S/C16H21NO4/c1-17(11-5-8-14(18)19)15(20)16(9-10-16)12-6-3-4-7-13(12)21-2/h3-4,6-7H,5,8-11H2,1-2H3,(H,18,19). The predicted molar refractivity (Wildman–Crippen MR) is 78.4 cm³/mol. The van der Waals surface area contributed by atoms with Crippen LogP contribution < -0.4 is 4.74 Å². The summed E-state index contributed by atoms with van der Waals surface area (Å²) in [5, 5.41) is 8.66. The van der Waals surface area contributed by atoms with Gasteiger partial charge in [-0.25, -0.2) is 0 Å². The molecule has 1 aromatic rings. The van der Waals surface area contributed by atoms with Crippen LogP contribution in [-0.2, 0) is 15.0 Å². The summed E-state index contributed by atoms with van der Waals surface area (Å²) in [4.78, 5) is 24.9. The number of aliphatic carboxylic acids is 1. The number of hydrogen-bond donors (Lipinski definition) is 1. The number of hydrogen-bond acceptors (Lipinski definition) is 3. The summed E-state index contributed by atoms with van der Waals surface area (Å²) in [6, 6.07) is 7.61. The first-order valence-electron chi connectivity index (χ1n) is 7.12. The average Bonchev–Trinajstić information content (AvgIpc) is 3.27. The van der Waals surface area contributed by atoms with Gasteiger partial charge in [-0.3, -0.25) is 9.59 Å². The number of carboxylic acid groups (broad SMARTS) is 1. The predicted octanol–water partition coefficient (Wildman–Crippen LogP) is 2.05. The highest BCUT2D eigenvalue weighted by atomic mass is 16.5. The maximum Gasteiger partial charge on any atom is 0.303 e. The van der Waals surface area contributed by atoms with E-state index in [1.54, 1.807) is 19.1 Å². The topological polar surface area (TPSA) is 66.8 Å². The fraction of sp³-hybridized carbons (Fsp3) is 0.500. The molecule has 0 radical (unpaired) electrons. The molecule has 21 heavy (non-hydrogen) atoms. The third-order valence-electron chi connectivity index (χ3n) is 4.01. The minimum absolute atomic E-state index is 0.0531. The Morgan fingerprint density at radius 1 is 1.33 bits per heavy atom. The molecule has 1 aliphatic carbocycles. The summed E-state index contributed by atoms with van der Waals surface area (Å²) in [6.07, 6.45) is 2.18. The molecule has 0 aromatic heterocycles. The SMILES string of the molecule is COc1ccccc1C1(C(=O)N(C)CCCC(=O)O)CC1. The van der Waals surface area contributed by atoms with Crippen molar-refractivity contribution in [2.75, 3.05) is 20.7 Å². The molecule has 0 saturated heterocycles. The van der Waals surface area contributed by atoms with E-state index in [0.29, 0.717) is 13.0 Å². The molecule has 1 saturated carbocycles. The van der Waals surface area contributed by atoms with Gasteiger partial charge < -0.3 is 14.7 Å². The van der Waals surface area contributed by atoms with Crippen molar-refractivity contribution in [1.82, 2.24) is 4.90 Å². The van der Waals surface area contributed by atoms with Gasteiger partial charge in [0.25, 0.3) is 0 Å². The summed E-state index contributed by atoms with van der Waals surface area (Å²) in [7, 11) is 3.34. The van der Waals surface area contributed by atoms with Crippen molar-refractivity contribution in [1.29, 1.82) is 0 Å². The smallest absolute Gasteiger partial charge is 0.303 e. The van der Waals surface area contributed by atoms with Crippen molar-refractivity contribution in [3.63, 3.8) is 0 Å². The first-order valence-corrected chi connectivity index (χ1v) is 7.12. The number of rotatable bonds is 7. The van der Waals surface area contributed by atoms with Gasteiger partial charge in [0.1, 0.15) is 5.75 Å². The molecule has 1 N–H and O–H groups in total. The largest absolute Gasteiger partial charge is 0.496 e. The van der Waals surface area contributed by atoms with Crippen molar-refractivity contribution in [3.8, 4) is 5.75 Å². The van der Waals surface area contributed by atoms with Gasteiger partial charge in [-0.1, -0.05) is 18.2 Å². The molecule has 0 heterocycles. The van der Waals surface area contributed by atoms with Crippen molar-refractivity contribution in [2.24, 2.45) is 0 Å². The third-order valence-corrected chi connectivity index (χ3v) is 4.01. The maximum absolute atomic E-state index is 12.7. The van der Waals surface area contributed by atoms with Crippen molar-refractivity contribution in [2.45, 2.75) is 31.1 Å². The van der Waals surface area contributed by atoms with Gasteiger partial charge >= 0.3 is 5.97 Å². The monoisotopic (exact) mass is 291 g/mol. The molecule has 5 nitrogen and oxygen atoms in total. The first-order chi connectivity index (χ1) is 10.0. The van der Waals surface area contributed by atoms with Gasteiger partial charge in [0.05, 0.1) is 12.5 Å². The fourth-order valence-corrected chi connectivity index (χ4v) is 2.70. The molecule has 1 fully saturated rings. The van der Waals surface area contributed by atoms with Crippen molar-refractivity contribution in [3.05, 3.63) is 29.8 Å². The van der Waals surface area contributed by atoms with Crippen molar-refractivity contribution >= 4 is 11.9 Å². The van der Waals surface area contributed by atoms with Crippen LogP contribution in [0.3, 0.4) is 0 Å². The lowest BCUT2D eigenvalue weighted by Gasteiger charge is -2.25. The molecule has 0 unspecified atom stereocenters. The molecule has 114 valence electrons. The Bertz CT molecular complexity index is 537. The maximum atomic E-state index is 12.7. The number of nitrogens with zero attached hydrogens (tertiary/aromatic N) is 1. The second kappa shape index (κ2) is 6.16. The molecule has 5 heteroatoms. The number of likely N-dealkylation sites (N-methyl/N-ethyl adjacent to an activating group) is 1. The van der Waals surface area contributed by atoms with Crippen LogP contribution in [0, 0.1) is 0 Å². The molecule has 0 spiro atoms. The Hall–Kier alpha value is -2.04. The lowest BCUT2D eigenvalue weighted by molar-refractivity contribution is -0.138. The third kappa shape index (κ3) is 3.17. The number of methoxy groups -OCH3 is 1. The Labute approximate surface area is 124 Å². The van der Waals surface area contributed by atoms with Crippen LogP contribution in [0.2, 0.25) is 0 Å². The van der Waals surface area contributed by atoms with Crippen LogP contribution in [0.4, 0.5) is 0 Å². The van der Waals surface area contributed by atoms with E-state index in [9.17, 15) is 9.59 Å². The zero-order chi connectivity index (χ0) is 15.5. The van der Waals surface area contributed by atoms with Crippen LogP contribution in [0.1, 0.15) is 31.2 Å². The molecule has 1 aliphatic rings. The molecule has 2 rings (SSSR count). The summed E-state index contributed by atoms with van der Waals surface area (Å²) in [6.45, 7) is 0.460. The zero-order valence-corrected chi connectivity index (χ0v) is 12.5. The molecule has 0 aliphatic heterocycles. The highest BCUT2D eigenvalue weighted by molar-refractivity contribution is 5.92. The van der Waals surface area contributed by atoms with Crippen LogP contribution >= 0.6 is 0 Å². The van der Waals surface area contributed by atoms with E-state index >= 15 is 0 Å². The Balaban J connectivity index is 2.09. The van der Waals surface area contributed by atoms with Crippen LogP contribution in [0.15, 0.2) is 24.3 Å². The molecular formula is C16H21NO4. The Morgan fingerprint density at radius 2 is 2.00 bits per heavy atom. The highest BCUT2D eigenvalue weighted by Crippen LogP contribution is 2.52. The number of ether oxygens (including phenoxy) is 1. The molecule has 0 bridgehead atoms. The average molecular weight is 291 g/mol. The summed E-state index contributed by atoms with van der Waals surface area (Å²) in [5.74, 6) is -0.0404. The van der Waals surface area contributed by atoms with Gasteiger partial charge in [0.15, 0.2) is 0 Å². The number of carbonyl (C=O) groups is 2. The zero-order valence-electron chi connectivity index (χ0n) is 12.5. The lowest BCUT2D eigenvalue weighted by atomic mass is 9.93. The number of carbonyl (C=O) groups excluding carboxylic acids is 1. The first kappa shape index (κ1) is 15.4. The lowest BCUT2D eigenvalue weighted by Crippen LogP contribution is -2.37. The summed E-state index contributed by atoms with van der Waals surface area (Å²) in [5.41, 5.74) is 0.451. The van der Waals surface area contributed by atoms with Crippen molar-refractivity contribution < 1.29 is 19.4 Å². The highest BCUT2D eigenvalue weighted by Gasteiger charge is 2.53. The molecular weight excluding hydrogens is 270 g/mol. The van der Waals surface area contributed by atoms with Gasteiger partial charge in [0.2, 0.25) is 5.91 Å². The number of benzene rings is 1. The van der Waals surface area contributed by atoms with E-state index < -0.39 is 11.4 Å². The van der Waals surface area contributed by atoms with Gasteiger partial charge in [0, 0.05) is 25.6 Å². The van der Waals surface area contributed by atoms with Gasteiger partial charge in [-0.2, -0.15) is 0 Å². The number of para-hydroxylation sites is 1. The normalized spacial score (nSPS) is 15.3. The van der Waals surface area contributed by atoms with Gasteiger partial charge in [-0.15, -0.1) is 0 Å². The molecule has 1 aromatic carbocycles. The van der Waals surface area contributed by atoms with E-state index in [4.69, 9.17) is 9.84 Å². The van der Waals surface area contributed by atoms with E-state index in [2.05, 4.69) is 0 Å². The Morgan fingerprint density at radius 3 is 2.57 bits per heavy atom. The minimum atomic E-state index is -0.832. The van der Waals surface area contributed by atoms with E-state index in [0.717, 1.165) is 24.2 Å². The van der Waals surface area contributed by atoms with E-state index in [1.165, 1.54) is 0 Å². The van der Waals surface area contributed by atoms with Gasteiger partial charge in [-0.05, 0) is 25.3 Å². The second-order valence-electron chi connectivity index (χ2n) is 5.51. The number of carboxylic acids is 1. The fourth-order valence-electron chi connectivity index (χ4n) is 2.70. The van der Waals surface area contributed by atoms with Crippen LogP contribution in [0.5, 0.6) is 5.75 Å². The Kier molecular flexibility index (Phi) is 4.50. The van der Waals surface area contributed by atoms with E-state index in [1.807, 2.05) is 24.3 Å². The van der Waals surface area contributed by atoms with Crippen LogP contribution in [0.25, 0.3) is 0 Å². The number of amides is 1. The summed E-state index contributed by atoms with van der Waals surface area (Å²) >= 11 is 0. The molecule has 1 amide bonds.